The number of benzene rings is 1. The van der Waals surface area contributed by atoms with Gasteiger partial charge in [-0.1, -0.05) is 29.8 Å². The molecular weight excluding hydrogens is 344 g/mol. The maximum atomic E-state index is 12.7. The molecule has 2 heterocycles. The van der Waals surface area contributed by atoms with Gasteiger partial charge >= 0.3 is 0 Å². The number of fused-ring (bicyclic) bond motifs is 1. The zero-order valence-electron chi connectivity index (χ0n) is 15.9. The summed E-state index contributed by atoms with van der Waals surface area (Å²) in [6.45, 7) is 4.00. The van der Waals surface area contributed by atoms with Gasteiger partial charge in [0.05, 0.1) is 12.3 Å². The van der Waals surface area contributed by atoms with Gasteiger partial charge in [0, 0.05) is 26.7 Å². The number of imidazole rings is 1. The van der Waals surface area contributed by atoms with Crippen molar-refractivity contribution in [3.8, 4) is 0 Å². The molecule has 3 rings (SSSR count). The molecule has 0 radical (unpaired) electrons. The second kappa shape index (κ2) is 8.81. The number of hydrogen-bond donors (Lipinski definition) is 2. The van der Waals surface area contributed by atoms with Crippen LogP contribution in [0, 0.1) is 6.92 Å². The first kappa shape index (κ1) is 19.1. The van der Waals surface area contributed by atoms with Crippen molar-refractivity contribution >= 4 is 11.8 Å². The third-order valence-electron chi connectivity index (χ3n) is 4.66. The van der Waals surface area contributed by atoms with Crippen molar-refractivity contribution in [2.45, 2.75) is 39.3 Å². The van der Waals surface area contributed by atoms with Crippen LogP contribution in [0.15, 0.2) is 24.3 Å². The summed E-state index contributed by atoms with van der Waals surface area (Å²) >= 11 is 0. The standard InChI is InChI=1S/C20H26N4O3/c1-14-6-5-7-15(12-14)13-22-19(25)17-16-8-3-4-10-24(16)18(23-17)20(26)21-9-11-27-2/h5-7,12H,3-4,8-11,13H2,1-2H3,(H,21,26)(H,22,25). The lowest BCUT2D eigenvalue weighted by molar-refractivity contribution is 0.0921. The quantitative estimate of drug-likeness (QED) is 0.728. The molecule has 1 aromatic carbocycles. The van der Waals surface area contributed by atoms with E-state index in [1.165, 1.54) is 0 Å². The minimum absolute atomic E-state index is 0.238. The predicted octanol–water partition coefficient (Wildman–Crippen LogP) is 1.83. The minimum atomic E-state index is -0.270. The van der Waals surface area contributed by atoms with Crippen molar-refractivity contribution in [1.82, 2.24) is 20.2 Å². The van der Waals surface area contributed by atoms with Crippen molar-refractivity contribution in [3.05, 3.63) is 52.6 Å². The molecule has 0 fully saturated rings. The summed E-state index contributed by atoms with van der Waals surface area (Å²) in [5, 5.41) is 5.72. The van der Waals surface area contributed by atoms with Gasteiger partial charge in [-0.05, 0) is 31.7 Å². The molecule has 0 aliphatic carbocycles. The fourth-order valence-electron chi connectivity index (χ4n) is 3.33. The molecule has 2 N–H and O–H groups in total. The average Bonchev–Trinajstić information content (AvgIpc) is 3.06. The van der Waals surface area contributed by atoms with Gasteiger partial charge in [-0.3, -0.25) is 9.59 Å². The molecule has 0 atom stereocenters. The number of ether oxygens (including phenoxy) is 1. The van der Waals surface area contributed by atoms with E-state index in [4.69, 9.17) is 4.74 Å². The van der Waals surface area contributed by atoms with E-state index in [0.717, 1.165) is 36.1 Å². The first-order valence-corrected chi connectivity index (χ1v) is 9.30. The van der Waals surface area contributed by atoms with Gasteiger partial charge in [-0.25, -0.2) is 4.98 Å². The molecule has 2 amide bonds. The fourth-order valence-corrected chi connectivity index (χ4v) is 3.33. The lowest BCUT2D eigenvalue weighted by Gasteiger charge is -2.17. The number of methoxy groups -OCH3 is 1. The third-order valence-corrected chi connectivity index (χ3v) is 4.66. The lowest BCUT2D eigenvalue weighted by Crippen LogP contribution is -2.30. The van der Waals surface area contributed by atoms with Crippen LogP contribution in [-0.2, 0) is 24.2 Å². The molecule has 0 saturated heterocycles. The maximum Gasteiger partial charge on any atom is 0.287 e. The number of aromatic nitrogens is 2. The Kier molecular flexibility index (Phi) is 6.24. The Labute approximate surface area is 159 Å². The molecule has 0 spiro atoms. The number of nitrogens with zero attached hydrogens (tertiary/aromatic N) is 2. The largest absolute Gasteiger partial charge is 0.383 e. The van der Waals surface area contributed by atoms with Crippen molar-refractivity contribution in [1.29, 1.82) is 0 Å². The van der Waals surface area contributed by atoms with Crippen LogP contribution >= 0.6 is 0 Å². The Morgan fingerprint density at radius 2 is 2.07 bits per heavy atom. The first-order chi connectivity index (χ1) is 13.1. The second-order valence-electron chi connectivity index (χ2n) is 6.76. The predicted molar refractivity (Wildman–Crippen MR) is 102 cm³/mol. The normalized spacial score (nSPS) is 13.1. The topological polar surface area (TPSA) is 85.2 Å². The minimum Gasteiger partial charge on any atom is -0.383 e. The summed E-state index contributed by atoms with van der Waals surface area (Å²) < 4.78 is 6.84. The molecule has 1 aromatic heterocycles. The van der Waals surface area contributed by atoms with Crippen molar-refractivity contribution in [3.63, 3.8) is 0 Å². The van der Waals surface area contributed by atoms with Gasteiger partial charge in [0.1, 0.15) is 5.69 Å². The monoisotopic (exact) mass is 370 g/mol. The Bertz CT molecular complexity index is 829. The summed E-state index contributed by atoms with van der Waals surface area (Å²) in [7, 11) is 1.58. The van der Waals surface area contributed by atoms with Crippen LogP contribution < -0.4 is 10.6 Å². The molecule has 1 aliphatic rings. The second-order valence-corrected chi connectivity index (χ2v) is 6.76. The molecular formula is C20H26N4O3. The van der Waals surface area contributed by atoms with Crippen LogP contribution in [0.5, 0.6) is 0 Å². The summed E-state index contributed by atoms with van der Waals surface area (Å²) in [6, 6.07) is 8.01. The highest BCUT2D eigenvalue weighted by Crippen LogP contribution is 2.21. The Morgan fingerprint density at radius 3 is 2.85 bits per heavy atom. The van der Waals surface area contributed by atoms with Crippen LogP contribution in [0.2, 0.25) is 0 Å². The lowest BCUT2D eigenvalue weighted by atomic mass is 10.1. The van der Waals surface area contributed by atoms with Crippen molar-refractivity contribution < 1.29 is 14.3 Å². The molecule has 7 heteroatoms. The highest BCUT2D eigenvalue weighted by molar-refractivity contribution is 5.97. The molecule has 1 aliphatic heterocycles. The molecule has 0 bridgehead atoms. The van der Waals surface area contributed by atoms with Gasteiger partial charge < -0.3 is 19.9 Å². The molecule has 27 heavy (non-hydrogen) atoms. The highest BCUT2D eigenvalue weighted by Gasteiger charge is 2.27. The number of hydrogen-bond acceptors (Lipinski definition) is 4. The Balaban J connectivity index is 1.76. The molecule has 2 aromatic rings. The Hall–Kier alpha value is -2.67. The van der Waals surface area contributed by atoms with E-state index in [1.807, 2.05) is 35.8 Å². The summed E-state index contributed by atoms with van der Waals surface area (Å²) in [5.41, 5.74) is 3.39. The third kappa shape index (κ3) is 4.54. The highest BCUT2D eigenvalue weighted by atomic mass is 16.5. The van der Waals surface area contributed by atoms with E-state index in [0.29, 0.717) is 37.8 Å². The Morgan fingerprint density at radius 1 is 1.22 bits per heavy atom. The van der Waals surface area contributed by atoms with Gasteiger partial charge in [-0.15, -0.1) is 0 Å². The van der Waals surface area contributed by atoms with Crippen molar-refractivity contribution in [2.24, 2.45) is 0 Å². The van der Waals surface area contributed by atoms with Crippen molar-refractivity contribution in [2.75, 3.05) is 20.3 Å². The zero-order valence-corrected chi connectivity index (χ0v) is 15.9. The van der Waals surface area contributed by atoms with E-state index in [2.05, 4.69) is 15.6 Å². The van der Waals surface area contributed by atoms with E-state index < -0.39 is 0 Å². The maximum absolute atomic E-state index is 12.7. The van der Waals surface area contributed by atoms with E-state index >= 15 is 0 Å². The first-order valence-electron chi connectivity index (χ1n) is 9.30. The molecule has 144 valence electrons. The van der Waals surface area contributed by atoms with Crippen LogP contribution in [0.1, 0.15) is 50.8 Å². The molecule has 7 nitrogen and oxygen atoms in total. The van der Waals surface area contributed by atoms with Gasteiger partial charge in [0.15, 0.2) is 5.82 Å². The number of aryl methyl sites for hydroxylation is 1. The van der Waals surface area contributed by atoms with Crippen LogP contribution in [-0.4, -0.2) is 41.6 Å². The zero-order chi connectivity index (χ0) is 19.2. The molecule has 0 unspecified atom stereocenters. The fraction of sp³-hybridized carbons (Fsp3) is 0.450. The number of rotatable bonds is 7. The number of carbonyl (C=O) groups excluding carboxylic acids is 2. The molecule has 0 saturated carbocycles. The van der Waals surface area contributed by atoms with Crippen LogP contribution in [0.3, 0.4) is 0 Å². The smallest absolute Gasteiger partial charge is 0.287 e. The van der Waals surface area contributed by atoms with Gasteiger partial charge in [0.2, 0.25) is 0 Å². The van der Waals surface area contributed by atoms with E-state index in [-0.39, 0.29) is 11.8 Å². The van der Waals surface area contributed by atoms with E-state index in [9.17, 15) is 9.59 Å². The SMILES string of the molecule is COCCNC(=O)c1nc(C(=O)NCc2cccc(C)c2)c2n1CCCC2. The average molecular weight is 370 g/mol. The summed E-state index contributed by atoms with van der Waals surface area (Å²) in [5.74, 6) is -0.201. The number of amides is 2. The van der Waals surface area contributed by atoms with E-state index in [1.54, 1.807) is 7.11 Å². The van der Waals surface area contributed by atoms with Gasteiger partial charge in [-0.2, -0.15) is 0 Å². The number of carbonyl (C=O) groups is 2. The van der Waals surface area contributed by atoms with Gasteiger partial charge in [0.25, 0.3) is 11.8 Å². The van der Waals surface area contributed by atoms with Crippen LogP contribution in [0.4, 0.5) is 0 Å². The van der Waals surface area contributed by atoms with Crippen LogP contribution in [0.25, 0.3) is 0 Å². The summed E-state index contributed by atoms with van der Waals surface area (Å²) in [6.07, 6.45) is 2.73. The summed E-state index contributed by atoms with van der Waals surface area (Å²) in [4.78, 5) is 29.6. The number of nitrogens with one attached hydrogen (secondary N) is 2.